The molecule has 0 fully saturated rings. The van der Waals surface area contributed by atoms with E-state index in [1.165, 1.54) is 0 Å². The Hall–Kier alpha value is -2.29. The van der Waals surface area contributed by atoms with E-state index in [0.29, 0.717) is 22.2 Å². The zero-order chi connectivity index (χ0) is 26.9. The van der Waals surface area contributed by atoms with Crippen LogP contribution in [0.5, 0.6) is 5.75 Å². The average molecular weight is 514 g/mol. The van der Waals surface area contributed by atoms with E-state index in [2.05, 4.69) is 0 Å². The highest BCUT2D eigenvalue weighted by Crippen LogP contribution is 2.51. The number of hydrogen-bond donors (Lipinski definition) is 1. The van der Waals surface area contributed by atoms with E-state index >= 15 is 0 Å². The van der Waals surface area contributed by atoms with Crippen LogP contribution < -0.4 is 0 Å². The number of hydrogen-bond acceptors (Lipinski definition) is 2. The minimum absolute atomic E-state index is 0.0821. The second kappa shape index (κ2) is 11.2. The van der Waals surface area contributed by atoms with Gasteiger partial charge in [0.15, 0.2) is 5.78 Å². The maximum absolute atomic E-state index is 13.0. The van der Waals surface area contributed by atoms with Crippen molar-refractivity contribution < 1.29 is 9.90 Å². The molecule has 1 N–H and O–H groups in total. The van der Waals surface area contributed by atoms with Crippen LogP contribution in [0.3, 0.4) is 0 Å². The number of phenolic OH excluding ortho intramolecular Hbond substituents is 1. The van der Waals surface area contributed by atoms with E-state index in [0.717, 1.165) is 72.4 Å². The fraction of sp³-hybridized carbons (Fsp3) is 0.387. The number of aromatic hydroxyl groups is 1. The first-order valence-electron chi connectivity index (χ1n) is 12.4. The van der Waals surface area contributed by atoms with E-state index in [4.69, 9.17) is 23.2 Å². The maximum atomic E-state index is 13.0. The van der Waals surface area contributed by atoms with Crippen LogP contribution in [0.1, 0.15) is 87.4 Å². The van der Waals surface area contributed by atoms with Crippen LogP contribution in [0.2, 0.25) is 10.0 Å². The van der Waals surface area contributed by atoms with Gasteiger partial charge in [0.1, 0.15) is 5.75 Å². The van der Waals surface area contributed by atoms with Gasteiger partial charge in [0.05, 0.1) is 0 Å². The number of benzene rings is 2. The number of Topliss-reactive ketones (excluding diaryl/α,β-unsaturated/α-hetero) is 1. The molecule has 2 nitrogen and oxygen atoms in total. The van der Waals surface area contributed by atoms with Gasteiger partial charge in [-0.15, -0.1) is 0 Å². The van der Waals surface area contributed by atoms with E-state index in [1.807, 2.05) is 88.3 Å². The lowest BCUT2D eigenvalue weighted by Gasteiger charge is -2.35. The lowest BCUT2D eigenvalue weighted by molar-refractivity contribution is -0.112. The Labute approximate surface area is 221 Å². The van der Waals surface area contributed by atoms with Crippen LogP contribution >= 0.6 is 23.2 Å². The third kappa shape index (κ3) is 4.52. The van der Waals surface area contributed by atoms with Crippen molar-refractivity contribution in [3.63, 3.8) is 0 Å². The number of fused-ring (bicyclic) bond motifs is 2. The van der Waals surface area contributed by atoms with Gasteiger partial charge in [-0.2, -0.15) is 0 Å². The Balaban J connectivity index is 0.00000103. The zero-order valence-corrected chi connectivity index (χ0v) is 24.5. The molecule has 0 bridgehead atoms. The van der Waals surface area contributed by atoms with Crippen molar-refractivity contribution in [2.24, 2.45) is 0 Å². The van der Waals surface area contributed by atoms with Crippen molar-refractivity contribution in [3.05, 3.63) is 89.0 Å². The molecule has 0 radical (unpaired) electrons. The largest absolute Gasteiger partial charge is 0.507 e. The van der Waals surface area contributed by atoms with Gasteiger partial charge < -0.3 is 5.11 Å². The summed E-state index contributed by atoms with van der Waals surface area (Å²) in [5, 5.41) is 12.1. The summed E-state index contributed by atoms with van der Waals surface area (Å²) >= 11 is 13.4. The third-order valence-electron chi connectivity index (χ3n) is 7.23. The summed E-state index contributed by atoms with van der Waals surface area (Å²) in [5.41, 5.74) is 12.3. The van der Waals surface area contributed by atoms with Gasteiger partial charge in [0.25, 0.3) is 0 Å². The Bertz CT molecular complexity index is 1300. The normalized spacial score (nSPS) is 14.7. The lowest BCUT2D eigenvalue weighted by Crippen LogP contribution is -2.22. The highest BCUT2D eigenvalue weighted by Gasteiger charge is 2.36. The Morgan fingerprint density at radius 2 is 1.20 bits per heavy atom. The molecule has 35 heavy (non-hydrogen) atoms. The predicted octanol–water partition coefficient (Wildman–Crippen LogP) is 9.58. The topological polar surface area (TPSA) is 37.3 Å². The zero-order valence-electron chi connectivity index (χ0n) is 23.0. The molecule has 188 valence electrons. The van der Waals surface area contributed by atoms with E-state index < -0.39 is 0 Å². The molecule has 4 rings (SSSR count). The van der Waals surface area contributed by atoms with Gasteiger partial charge in [0.2, 0.25) is 0 Å². The highest BCUT2D eigenvalue weighted by molar-refractivity contribution is 6.35. The molecule has 0 amide bonds. The maximum Gasteiger partial charge on any atom is 0.185 e. The van der Waals surface area contributed by atoms with Gasteiger partial charge in [0, 0.05) is 26.8 Å². The second-order valence-corrected chi connectivity index (χ2v) is 9.53. The molecule has 2 aliphatic carbocycles. The summed E-state index contributed by atoms with van der Waals surface area (Å²) in [6.07, 6.45) is 0.605. The van der Waals surface area contributed by atoms with E-state index in [1.54, 1.807) is 0 Å². The first kappa shape index (κ1) is 28.9. The summed E-state index contributed by atoms with van der Waals surface area (Å²) in [4.78, 5) is 13.0. The summed E-state index contributed by atoms with van der Waals surface area (Å²) < 4.78 is 0. The number of carbonyl (C=O) groups is 1. The van der Waals surface area contributed by atoms with Crippen molar-refractivity contribution >= 4 is 34.6 Å². The quantitative estimate of drug-likeness (QED) is 0.412. The van der Waals surface area contributed by atoms with Gasteiger partial charge in [-0.1, -0.05) is 50.9 Å². The van der Waals surface area contributed by atoms with Crippen molar-refractivity contribution in [1.82, 2.24) is 0 Å². The SMILES string of the molecule is CC.CC.CC1=C(C)C2=C(c3c(Cl)ccc(Cl)c3C)c3c(C)c(C)c(O)c(C)c3CC2=C(C)C1=O. The number of allylic oxidation sites excluding steroid dienone is 5. The molecule has 2 aromatic rings. The van der Waals surface area contributed by atoms with Crippen LogP contribution in [0.4, 0.5) is 0 Å². The molecule has 0 spiro atoms. The fourth-order valence-corrected chi connectivity index (χ4v) is 5.48. The minimum Gasteiger partial charge on any atom is -0.507 e. The van der Waals surface area contributed by atoms with Crippen LogP contribution in [0.25, 0.3) is 5.57 Å². The van der Waals surface area contributed by atoms with Crippen molar-refractivity contribution in [2.75, 3.05) is 0 Å². The van der Waals surface area contributed by atoms with Crippen molar-refractivity contribution in [2.45, 2.75) is 82.6 Å². The first-order chi connectivity index (χ1) is 16.5. The predicted molar refractivity (Wildman–Crippen MR) is 152 cm³/mol. The molecule has 2 aliphatic rings. The van der Waals surface area contributed by atoms with E-state index in [9.17, 15) is 9.90 Å². The number of halogens is 2. The second-order valence-electron chi connectivity index (χ2n) is 8.72. The highest BCUT2D eigenvalue weighted by atomic mass is 35.5. The number of carbonyl (C=O) groups excluding carboxylic acids is 1. The molecule has 0 atom stereocenters. The van der Waals surface area contributed by atoms with Crippen molar-refractivity contribution in [3.8, 4) is 5.75 Å². The monoisotopic (exact) mass is 512 g/mol. The van der Waals surface area contributed by atoms with E-state index in [-0.39, 0.29) is 5.78 Å². The molecular weight excluding hydrogens is 475 g/mol. The van der Waals surface area contributed by atoms with Gasteiger partial charge in [-0.3, -0.25) is 4.79 Å². The van der Waals surface area contributed by atoms with Gasteiger partial charge >= 0.3 is 0 Å². The summed E-state index contributed by atoms with van der Waals surface area (Å²) in [7, 11) is 0. The molecule has 0 saturated heterocycles. The molecule has 0 aliphatic heterocycles. The fourth-order valence-electron chi connectivity index (χ4n) is 5.02. The third-order valence-corrected chi connectivity index (χ3v) is 7.95. The molecule has 0 unspecified atom stereocenters. The minimum atomic E-state index is 0.0821. The van der Waals surface area contributed by atoms with Crippen LogP contribution in [0, 0.1) is 27.7 Å². The van der Waals surface area contributed by atoms with Gasteiger partial charge in [-0.25, -0.2) is 0 Å². The molecule has 4 heteroatoms. The lowest BCUT2D eigenvalue weighted by atomic mass is 9.68. The molecule has 0 heterocycles. The molecule has 0 saturated carbocycles. The molecule has 2 aromatic carbocycles. The number of rotatable bonds is 1. The van der Waals surface area contributed by atoms with Crippen LogP contribution in [-0.4, -0.2) is 10.9 Å². The summed E-state index contributed by atoms with van der Waals surface area (Å²) in [6, 6.07) is 3.65. The van der Waals surface area contributed by atoms with Crippen molar-refractivity contribution in [1.29, 1.82) is 0 Å². The molecule has 0 aromatic heterocycles. The standard InChI is InChI=1S/C27H26Cl2O2.2C2H6/c1-11-13(3)26(30)15(5)18-10-19-16(6)27(31)14(4)12(2)23(19)25(22(11)18)24-17(7)20(28)8-9-21(24)29;2*1-2/h8-9,30H,10H2,1-7H3;2*1-2H3. The van der Waals surface area contributed by atoms with Crippen LogP contribution in [0.15, 0.2) is 40.0 Å². The number of ketones is 1. The average Bonchev–Trinajstić information content (AvgIpc) is 2.87. The summed E-state index contributed by atoms with van der Waals surface area (Å²) in [6.45, 7) is 21.7. The Morgan fingerprint density at radius 1 is 0.657 bits per heavy atom. The summed E-state index contributed by atoms with van der Waals surface area (Å²) in [5.74, 6) is 0.399. The Morgan fingerprint density at radius 3 is 1.77 bits per heavy atom. The first-order valence-corrected chi connectivity index (χ1v) is 13.2. The van der Waals surface area contributed by atoms with Gasteiger partial charge in [-0.05, 0) is 123 Å². The molecular formula is C31H38Cl2O2. The Kier molecular flexibility index (Phi) is 9.25. The smallest absolute Gasteiger partial charge is 0.185 e. The van der Waals surface area contributed by atoms with Crippen LogP contribution in [-0.2, 0) is 11.2 Å². The number of phenols is 1.